The van der Waals surface area contributed by atoms with Crippen LogP contribution in [0.4, 0.5) is 0 Å². The van der Waals surface area contributed by atoms with Crippen LogP contribution in [0, 0.1) is 41.5 Å². The summed E-state index contributed by atoms with van der Waals surface area (Å²) in [6.45, 7) is 33.4. The van der Waals surface area contributed by atoms with E-state index >= 15 is 0 Å². The normalized spacial score (nSPS) is 11.7. The van der Waals surface area contributed by atoms with Gasteiger partial charge in [0.25, 0.3) is 0 Å². The highest BCUT2D eigenvalue weighted by atomic mass is 14.2. The van der Waals surface area contributed by atoms with Crippen molar-refractivity contribution < 1.29 is 0 Å². The molecule has 0 aromatic heterocycles. The van der Waals surface area contributed by atoms with Crippen LogP contribution in [0.2, 0.25) is 0 Å². The fraction of sp³-hybridized carbons (Fsp3) is 0.250. The highest BCUT2D eigenvalue weighted by Gasteiger charge is 2.18. The van der Waals surface area contributed by atoms with Gasteiger partial charge in [-0.25, -0.2) is 0 Å². The Hall–Kier alpha value is -7.80. The van der Waals surface area contributed by atoms with Gasteiger partial charge in [0, 0.05) is 5.92 Å². The summed E-state index contributed by atoms with van der Waals surface area (Å²) in [5.41, 5.74) is 22.4. The van der Waals surface area contributed by atoms with Gasteiger partial charge in [-0.15, -0.1) is 0 Å². The topological polar surface area (TPSA) is 0 Å². The molecule has 0 nitrogen and oxygen atoms in total. The second kappa shape index (κ2) is 34.9. The third-order valence-corrected chi connectivity index (χ3v) is 14.0. The molecule has 414 valence electrons. The molecule has 10 aromatic carbocycles. The summed E-state index contributed by atoms with van der Waals surface area (Å²) in [6, 6.07) is 78.6. The zero-order valence-corrected chi connectivity index (χ0v) is 51.7. The largest absolute Gasteiger partial charge is 0.0830 e. The predicted molar refractivity (Wildman–Crippen MR) is 361 cm³/mol. The first kappa shape index (κ1) is 64.7. The Labute approximate surface area is 486 Å². The standard InChI is InChI=1S/C34H32.C27H20.C7H8.C4H10.4C2H6/c1-23-10-5-7-14-31(23)33-18-16-29(20-25(33)3)27-12-9-13-28(22-27)30-17-19-34(26(4)21-30)32-15-8-6-11-24(32)2;1-19-15-17-21(18-16-19)27-24-13-7-5-11-22(24)26(20-9-3-2-4-10-20)23-12-6-8-14-25(23)27;1-7-5-3-2-4-6-7;1-3-4-2;4*1-2/h5-12,14-22,28H,13H2,1-4H3;2-18H,1H3;2-6H,1H3;3-4H2,1-2H3;4*1-2H3. The summed E-state index contributed by atoms with van der Waals surface area (Å²) in [6.07, 6.45) is 10.7. The Bertz CT molecular complexity index is 3380. The van der Waals surface area contributed by atoms with Gasteiger partial charge >= 0.3 is 0 Å². The highest BCUT2D eigenvalue weighted by Crippen LogP contribution is 2.44. The Kier molecular flexibility index (Phi) is 28.3. The van der Waals surface area contributed by atoms with Crippen LogP contribution >= 0.6 is 0 Å². The van der Waals surface area contributed by atoms with Crippen molar-refractivity contribution in [3.8, 4) is 44.5 Å². The molecule has 1 aliphatic carbocycles. The summed E-state index contributed by atoms with van der Waals surface area (Å²) in [5, 5.41) is 5.22. The summed E-state index contributed by atoms with van der Waals surface area (Å²) in [5.74, 6) is 0.404. The maximum absolute atomic E-state index is 2.45. The Balaban J connectivity index is 0.000000265. The van der Waals surface area contributed by atoms with E-state index in [-0.39, 0.29) is 0 Å². The maximum atomic E-state index is 2.45. The number of fused-ring (bicyclic) bond motifs is 2. The van der Waals surface area contributed by atoms with Crippen LogP contribution in [-0.2, 0) is 0 Å². The smallest absolute Gasteiger partial charge is 0.00618 e. The lowest BCUT2D eigenvalue weighted by Crippen LogP contribution is -2.01. The molecular weight excluding hydrogens is 961 g/mol. The molecule has 0 fully saturated rings. The molecule has 0 saturated heterocycles. The van der Waals surface area contributed by atoms with Gasteiger partial charge in [-0.2, -0.15) is 0 Å². The van der Waals surface area contributed by atoms with E-state index in [1.807, 2.05) is 73.6 Å². The van der Waals surface area contributed by atoms with E-state index in [9.17, 15) is 0 Å². The van der Waals surface area contributed by atoms with Crippen molar-refractivity contribution in [2.45, 2.75) is 136 Å². The van der Waals surface area contributed by atoms with Crippen molar-refractivity contribution in [2.24, 2.45) is 0 Å². The van der Waals surface area contributed by atoms with Crippen molar-refractivity contribution in [1.82, 2.24) is 0 Å². The Morgan fingerprint density at radius 3 is 1.10 bits per heavy atom. The van der Waals surface area contributed by atoms with E-state index in [1.165, 1.54) is 129 Å². The Morgan fingerprint density at radius 1 is 0.325 bits per heavy atom. The molecule has 0 bridgehead atoms. The van der Waals surface area contributed by atoms with E-state index in [4.69, 9.17) is 0 Å². The molecule has 1 unspecified atom stereocenters. The summed E-state index contributed by atoms with van der Waals surface area (Å²) >= 11 is 0. The second-order valence-corrected chi connectivity index (χ2v) is 19.3. The average Bonchev–Trinajstić information content (AvgIpc) is 3.68. The molecule has 0 spiro atoms. The van der Waals surface area contributed by atoms with Gasteiger partial charge in [-0.3, -0.25) is 0 Å². The third-order valence-electron chi connectivity index (χ3n) is 14.0. The number of allylic oxidation sites excluding steroid dienone is 4. The Morgan fingerprint density at radius 2 is 0.688 bits per heavy atom. The lowest BCUT2D eigenvalue weighted by molar-refractivity contribution is 0.856. The van der Waals surface area contributed by atoms with Crippen molar-refractivity contribution in [3.05, 3.63) is 281 Å². The molecule has 1 aliphatic rings. The fourth-order valence-corrected chi connectivity index (χ4v) is 9.83. The van der Waals surface area contributed by atoms with Gasteiger partial charge in [0.2, 0.25) is 0 Å². The SMILES string of the molecule is CC.CC.CC.CC.CCCC.Cc1ccc(-c2c3ccccc3c(-c3ccccc3)c3ccccc23)cc1.Cc1ccccc1.Cc1ccccc1-c1ccc(C2=CC(c3ccc(-c4ccccc4C)c(C)c3)CC=C2)cc1C. The lowest BCUT2D eigenvalue weighted by Gasteiger charge is -2.20. The zero-order valence-electron chi connectivity index (χ0n) is 51.7. The van der Waals surface area contributed by atoms with E-state index in [0.29, 0.717) is 5.92 Å². The van der Waals surface area contributed by atoms with Crippen molar-refractivity contribution in [3.63, 3.8) is 0 Å². The van der Waals surface area contributed by atoms with Crippen molar-refractivity contribution in [2.75, 3.05) is 0 Å². The predicted octanol–water partition coefficient (Wildman–Crippen LogP) is 24.9. The molecule has 80 heavy (non-hydrogen) atoms. The monoisotopic (exact) mass is 1050 g/mol. The van der Waals surface area contributed by atoms with E-state index in [1.54, 1.807) is 0 Å². The zero-order chi connectivity index (χ0) is 58.4. The maximum Gasteiger partial charge on any atom is 0.00618 e. The molecule has 11 rings (SSSR count). The lowest BCUT2D eigenvalue weighted by atomic mass is 9.84. The number of hydrogen-bond donors (Lipinski definition) is 0. The van der Waals surface area contributed by atoms with Crippen LogP contribution in [0.15, 0.2) is 237 Å². The van der Waals surface area contributed by atoms with Crippen LogP contribution in [-0.4, -0.2) is 0 Å². The van der Waals surface area contributed by atoms with Crippen LogP contribution in [0.3, 0.4) is 0 Å². The van der Waals surface area contributed by atoms with Gasteiger partial charge in [-0.1, -0.05) is 330 Å². The molecule has 0 heteroatoms. The van der Waals surface area contributed by atoms with E-state index < -0.39 is 0 Å². The fourth-order valence-electron chi connectivity index (χ4n) is 9.83. The van der Waals surface area contributed by atoms with Crippen LogP contribution in [0.1, 0.15) is 139 Å². The minimum atomic E-state index is 0.404. The van der Waals surface area contributed by atoms with E-state index in [0.717, 1.165) is 6.42 Å². The van der Waals surface area contributed by atoms with Crippen LogP contribution in [0.25, 0.3) is 71.6 Å². The van der Waals surface area contributed by atoms with Crippen LogP contribution < -0.4 is 0 Å². The second-order valence-electron chi connectivity index (χ2n) is 19.3. The average molecular weight is 1060 g/mol. The molecule has 0 amide bonds. The summed E-state index contributed by atoms with van der Waals surface area (Å²) in [7, 11) is 0. The molecule has 0 heterocycles. The molecule has 10 aromatic rings. The van der Waals surface area contributed by atoms with Gasteiger partial charge in [0.15, 0.2) is 0 Å². The molecule has 0 N–H and O–H groups in total. The molecule has 0 saturated carbocycles. The number of rotatable bonds is 7. The van der Waals surface area contributed by atoms with Gasteiger partial charge < -0.3 is 0 Å². The third kappa shape index (κ3) is 17.3. The quantitative estimate of drug-likeness (QED) is 0.140. The first-order valence-corrected chi connectivity index (χ1v) is 29.9. The first-order valence-electron chi connectivity index (χ1n) is 29.9. The number of benzene rings is 10. The van der Waals surface area contributed by atoms with Crippen LogP contribution in [0.5, 0.6) is 0 Å². The van der Waals surface area contributed by atoms with E-state index in [2.05, 4.69) is 274 Å². The number of unbranched alkanes of at least 4 members (excludes halogenated alkanes) is 1. The minimum Gasteiger partial charge on any atom is -0.0830 e. The minimum absolute atomic E-state index is 0.404. The summed E-state index contributed by atoms with van der Waals surface area (Å²) < 4.78 is 0. The number of aryl methyl sites for hydroxylation is 6. The number of hydrogen-bond acceptors (Lipinski definition) is 0. The molecule has 0 aliphatic heterocycles. The first-order chi connectivity index (χ1) is 39.1. The van der Waals surface area contributed by atoms with Gasteiger partial charge in [0.1, 0.15) is 0 Å². The van der Waals surface area contributed by atoms with Gasteiger partial charge in [-0.05, 0) is 153 Å². The molecular formula is C80H94. The summed E-state index contributed by atoms with van der Waals surface area (Å²) in [4.78, 5) is 0. The molecule has 1 atom stereocenters. The van der Waals surface area contributed by atoms with Gasteiger partial charge in [0.05, 0.1) is 0 Å². The van der Waals surface area contributed by atoms with Crippen molar-refractivity contribution >= 4 is 27.1 Å². The molecule has 0 radical (unpaired) electrons. The van der Waals surface area contributed by atoms with Crippen molar-refractivity contribution in [1.29, 1.82) is 0 Å². The highest BCUT2D eigenvalue weighted by molar-refractivity contribution is 6.21.